The van der Waals surface area contributed by atoms with Crippen LogP contribution in [0.15, 0.2) is 4.41 Å². The normalized spacial score (nSPS) is 24.9. The Morgan fingerprint density at radius 2 is 1.39 bits per heavy atom. The molecular weight excluding hydrogens is 391 g/mol. The lowest BCUT2D eigenvalue weighted by Gasteiger charge is -2.55. The molecule has 0 unspecified atom stereocenters. The largest absolute Gasteiger partial charge is 0.307 e. The predicted molar refractivity (Wildman–Crippen MR) is 94.4 cm³/mol. The molecule has 1 fully saturated rings. The fraction of sp³-hybridized carbons (Fsp3) is 1.00. The molecule has 108 valence electrons. The van der Waals surface area contributed by atoms with Crippen LogP contribution in [0.5, 0.6) is 0 Å². The van der Waals surface area contributed by atoms with Crippen LogP contribution in [-0.4, -0.2) is 24.0 Å². The summed E-state index contributed by atoms with van der Waals surface area (Å²) >= 11 is 7.90. The van der Waals surface area contributed by atoms with Gasteiger partial charge in [-0.2, -0.15) is 0 Å². The average Bonchev–Trinajstić information content (AvgIpc) is 1.91. The van der Waals surface area contributed by atoms with Crippen molar-refractivity contribution >= 4 is 43.8 Å². The number of hydrogen-bond donors (Lipinski definition) is 0. The first-order valence-electron chi connectivity index (χ1n) is 6.62. The van der Waals surface area contributed by atoms with Gasteiger partial charge in [-0.05, 0) is 97.6 Å². The highest BCUT2D eigenvalue weighted by molar-refractivity contribution is 9.70. The Kier molecular flexibility index (Phi) is 5.12. The van der Waals surface area contributed by atoms with Gasteiger partial charge in [-0.3, -0.25) is 0 Å². The molecule has 1 heterocycles. The fourth-order valence-corrected chi connectivity index (χ4v) is 21.5. The molecule has 0 N–H and O–H groups in total. The number of nitrogens with zero attached hydrogens (tertiary/aromatic N) is 2. The van der Waals surface area contributed by atoms with E-state index in [-0.39, 0.29) is 11.1 Å². The number of piperidine rings is 1. The summed E-state index contributed by atoms with van der Waals surface area (Å²) in [6.45, 7) is 16.3. The molecule has 18 heavy (non-hydrogen) atoms. The van der Waals surface area contributed by atoms with Crippen LogP contribution in [0.1, 0.15) is 47.0 Å². The molecule has 1 saturated heterocycles. The highest BCUT2D eigenvalue weighted by atomic mass is 79.9. The van der Waals surface area contributed by atoms with E-state index in [0.29, 0.717) is 0 Å². The number of hydrogen-bond acceptors (Lipinski definition) is 1. The Balaban J connectivity index is 3.29. The van der Waals surface area contributed by atoms with E-state index in [2.05, 4.69) is 83.0 Å². The second-order valence-corrected chi connectivity index (χ2v) is 22.8. The molecule has 0 amide bonds. The van der Waals surface area contributed by atoms with Crippen molar-refractivity contribution in [2.45, 2.75) is 77.7 Å². The minimum absolute atomic E-state index is 0.200. The zero-order chi connectivity index (χ0) is 14.4. The lowest BCUT2D eigenvalue weighted by molar-refractivity contribution is 0.0634. The first-order chi connectivity index (χ1) is 7.78. The van der Waals surface area contributed by atoms with Gasteiger partial charge in [-0.1, -0.05) is 0 Å². The van der Waals surface area contributed by atoms with Crippen LogP contribution >= 0.6 is 35.6 Å². The molecule has 0 saturated carbocycles. The summed E-state index contributed by atoms with van der Waals surface area (Å²) in [7, 11) is -1.46. The topological polar surface area (TPSA) is 15.6 Å². The average molecular weight is 418 g/mol. The third kappa shape index (κ3) is 4.18. The van der Waals surface area contributed by atoms with Gasteiger partial charge in [-0.25, -0.2) is 4.67 Å². The predicted octanol–water partition coefficient (Wildman–Crippen LogP) is 6.60. The van der Waals surface area contributed by atoms with Gasteiger partial charge in [0, 0.05) is 11.1 Å². The molecule has 1 rings (SSSR count). The lowest BCUT2D eigenvalue weighted by atomic mass is 9.83. The third-order valence-corrected chi connectivity index (χ3v) is 13.1. The molecule has 2 nitrogen and oxygen atoms in total. The van der Waals surface area contributed by atoms with Gasteiger partial charge in [0.1, 0.15) is 0 Å². The van der Waals surface area contributed by atoms with Crippen molar-refractivity contribution in [2.24, 2.45) is 4.41 Å². The lowest BCUT2D eigenvalue weighted by Crippen LogP contribution is -2.55. The van der Waals surface area contributed by atoms with Crippen LogP contribution in [0, 0.1) is 0 Å². The van der Waals surface area contributed by atoms with Gasteiger partial charge in [0.25, 0.3) is 0 Å². The van der Waals surface area contributed by atoms with Crippen molar-refractivity contribution in [1.82, 2.24) is 4.67 Å². The molecule has 0 bridgehead atoms. The summed E-state index contributed by atoms with van der Waals surface area (Å²) in [5, 5.41) is 0. The minimum Gasteiger partial charge on any atom is -0.307 e. The van der Waals surface area contributed by atoms with Crippen molar-refractivity contribution in [2.75, 3.05) is 0 Å². The van der Waals surface area contributed by atoms with Crippen molar-refractivity contribution < 1.29 is 0 Å². The first-order valence-corrected chi connectivity index (χ1v) is 15.8. The van der Waals surface area contributed by atoms with Crippen molar-refractivity contribution in [3.63, 3.8) is 0 Å². The van der Waals surface area contributed by atoms with E-state index in [9.17, 15) is 0 Å². The standard InChI is InChI=1S/C12H27Br2N2PSi/c1-11(2)9-8-10-12(3,4)16(11)17(13,14)15-18(5,6)7/h8-10H2,1-7H3. The van der Waals surface area contributed by atoms with Crippen LogP contribution < -0.4 is 0 Å². The highest BCUT2D eigenvalue weighted by Crippen LogP contribution is 2.73. The van der Waals surface area contributed by atoms with E-state index in [1.807, 2.05) is 0 Å². The molecule has 0 radical (unpaired) electrons. The first kappa shape index (κ1) is 17.4. The van der Waals surface area contributed by atoms with E-state index in [4.69, 9.17) is 4.41 Å². The molecule has 1 aliphatic rings. The van der Waals surface area contributed by atoms with E-state index < -0.39 is 12.8 Å². The monoisotopic (exact) mass is 416 g/mol. The fourth-order valence-electron chi connectivity index (χ4n) is 3.04. The SMILES string of the molecule is CC1(C)CCCC(C)(C)N1P(Br)(Br)=N[Si](C)(C)C. The Hall–Kier alpha value is 1.37. The summed E-state index contributed by atoms with van der Waals surface area (Å²) in [4.78, 5) is 0. The van der Waals surface area contributed by atoms with Crippen molar-refractivity contribution in [1.29, 1.82) is 0 Å². The Morgan fingerprint density at radius 3 is 1.72 bits per heavy atom. The third-order valence-electron chi connectivity index (χ3n) is 3.38. The van der Waals surface area contributed by atoms with Gasteiger partial charge in [0.15, 0.2) is 12.8 Å². The summed E-state index contributed by atoms with van der Waals surface area (Å²) < 4.78 is 6.05. The molecule has 0 atom stereocenters. The maximum Gasteiger partial charge on any atom is 0.174 e. The van der Waals surface area contributed by atoms with Gasteiger partial charge >= 0.3 is 0 Å². The van der Waals surface area contributed by atoms with Gasteiger partial charge < -0.3 is 4.41 Å². The maximum absolute atomic E-state index is 5.17. The summed E-state index contributed by atoms with van der Waals surface area (Å²) in [6, 6.07) is 0. The second kappa shape index (κ2) is 5.29. The van der Waals surface area contributed by atoms with Crippen LogP contribution in [0.3, 0.4) is 0 Å². The molecule has 1 aliphatic heterocycles. The number of halogens is 2. The van der Waals surface area contributed by atoms with E-state index >= 15 is 0 Å². The molecule has 6 heteroatoms. The smallest absolute Gasteiger partial charge is 0.174 e. The van der Waals surface area contributed by atoms with Crippen LogP contribution in [0.2, 0.25) is 19.6 Å². The molecule has 0 aromatic heterocycles. The van der Waals surface area contributed by atoms with E-state index in [1.54, 1.807) is 0 Å². The van der Waals surface area contributed by atoms with Gasteiger partial charge in [0.2, 0.25) is 0 Å². The second-order valence-electron chi connectivity index (χ2n) is 7.52. The molecule has 0 aliphatic carbocycles. The Morgan fingerprint density at radius 1 is 1.00 bits per heavy atom. The number of rotatable bonds is 2. The minimum atomic E-state index is -1.74. The van der Waals surface area contributed by atoms with Crippen LogP contribution in [0.4, 0.5) is 0 Å². The quantitative estimate of drug-likeness (QED) is 0.365. The van der Waals surface area contributed by atoms with Crippen molar-refractivity contribution in [3.8, 4) is 0 Å². The summed E-state index contributed by atoms with van der Waals surface area (Å²) in [6.07, 6.45) is 3.80. The maximum atomic E-state index is 5.17. The molecular formula is C12H27Br2N2PSi. The summed E-state index contributed by atoms with van der Waals surface area (Å²) in [5.74, 6) is 0. The van der Waals surface area contributed by atoms with E-state index in [1.165, 1.54) is 19.3 Å². The summed E-state index contributed by atoms with van der Waals surface area (Å²) in [5.41, 5.74) is 0.400. The Bertz CT molecular complexity index is 353. The van der Waals surface area contributed by atoms with E-state index in [0.717, 1.165) is 0 Å². The van der Waals surface area contributed by atoms with Crippen molar-refractivity contribution in [3.05, 3.63) is 0 Å². The zero-order valence-electron chi connectivity index (χ0n) is 12.7. The highest BCUT2D eigenvalue weighted by Gasteiger charge is 2.47. The van der Waals surface area contributed by atoms with Crippen LogP contribution in [0.25, 0.3) is 0 Å². The molecule has 0 aromatic rings. The van der Waals surface area contributed by atoms with Gasteiger partial charge in [-0.15, -0.1) is 0 Å². The van der Waals surface area contributed by atoms with Gasteiger partial charge in [0.05, 0.1) is 0 Å². The van der Waals surface area contributed by atoms with Crippen LogP contribution in [-0.2, 0) is 0 Å². The zero-order valence-corrected chi connectivity index (χ0v) is 17.8. The molecule has 0 spiro atoms. The molecule has 0 aromatic carbocycles. The Labute approximate surface area is 130 Å².